The largest absolute Gasteiger partial charge is 0.0622 e. The summed E-state index contributed by atoms with van der Waals surface area (Å²) in [6.07, 6.45) is 0. The quantitative estimate of drug-likeness (QED) is 0.128. The van der Waals surface area contributed by atoms with Crippen molar-refractivity contribution in [2.24, 2.45) is 0 Å². The van der Waals surface area contributed by atoms with Gasteiger partial charge in [0.15, 0.2) is 0 Å². The SMILES string of the molecule is CC(C)c1cc2ccc3c(C(C)C)cc4c5c(cc(c1)c2c35)-c1cc2c(-c3ccccc3)c3ccc(C(C)C)cc3c(-c3ccccc3)c2cc1-4. The Kier molecular flexibility index (Phi) is 6.56. The minimum absolute atomic E-state index is 0.410. The molecule has 0 amide bonds. The van der Waals surface area contributed by atoms with E-state index in [4.69, 9.17) is 0 Å². The van der Waals surface area contributed by atoms with Crippen LogP contribution in [-0.2, 0) is 0 Å². The second-order valence-corrected chi connectivity index (χ2v) is 15.8. The van der Waals surface area contributed by atoms with E-state index in [1.165, 1.54) is 115 Å². The second-order valence-electron chi connectivity index (χ2n) is 15.8. The third-order valence-electron chi connectivity index (χ3n) is 11.8. The zero-order valence-electron chi connectivity index (χ0n) is 30.4. The lowest BCUT2D eigenvalue weighted by molar-refractivity contribution is 0.869. The Labute approximate surface area is 300 Å². The first kappa shape index (κ1) is 30.4. The Morgan fingerprint density at radius 2 is 0.882 bits per heavy atom. The van der Waals surface area contributed by atoms with Crippen LogP contribution in [0.4, 0.5) is 0 Å². The molecule has 9 aromatic carbocycles. The first-order chi connectivity index (χ1) is 24.8. The third kappa shape index (κ3) is 4.32. The van der Waals surface area contributed by atoms with Crippen molar-refractivity contribution in [2.75, 3.05) is 0 Å². The molecular formula is C51H42. The van der Waals surface area contributed by atoms with E-state index in [-0.39, 0.29) is 0 Å². The van der Waals surface area contributed by atoms with E-state index >= 15 is 0 Å². The highest BCUT2D eigenvalue weighted by Crippen LogP contribution is 2.56. The van der Waals surface area contributed by atoms with Gasteiger partial charge in [0.1, 0.15) is 0 Å². The molecule has 0 bridgehead atoms. The van der Waals surface area contributed by atoms with Crippen LogP contribution in [0.15, 0.2) is 127 Å². The van der Waals surface area contributed by atoms with E-state index in [1.54, 1.807) is 0 Å². The number of benzene rings is 9. The third-order valence-corrected chi connectivity index (χ3v) is 11.8. The van der Waals surface area contributed by atoms with Crippen molar-refractivity contribution in [3.05, 3.63) is 144 Å². The minimum atomic E-state index is 0.410. The molecule has 51 heavy (non-hydrogen) atoms. The predicted octanol–water partition coefficient (Wildman–Crippen LogP) is 15.2. The number of rotatable bonds is 5. The van der Waals surface area contributed by atoms with Crippen molar-refractivity contribution in [3.8, 4) is 44.5 Å². The van der Waals surface area contributed by atoms with Gasteiger partial charge in [0.2, 0.25) is 0 Å². The van der Waals surface area contributed by atoms with Gasteiger partial charge in [-0.2, -0.15) is 0 Å². The summed E-state index contributed by atoms with van der Waals surface area (Å²) < 4.78 is 0. The van der Waals surface area contributed by atoms with Crippen LogP contribution in [0.2, 0.25) is 0 Å². The molecule has 0 radical (unpaired) electrons. The first-order valence-corrected chi connectivity index (χ1v) is 18.8. The van der Waals surface area contributed by atoms with Crippen LogP contribution in [0, 0.1) is 0 Å². The minimum Gasteiger partial charge on any atom is -0.0622 e. The van der Waals surface area contributed by atoms with Crippen LogP contribution in [0.25, 0.3) is 98.4 Å². The fourth-order valence-corrected chi connectivity index (χ4v) is 9.25. The number of hydrogen-bond acceptors (Lipinski definition) is 0. The Bertz CT molecular complexity index is 2850. The molecule has 1 aliphatic carbocycles. The maximum atomic E-state index is 2.56. The van der Waals surface area contributed by atoms with Gasteiger partial charge in [0, 0.05) is 0 Å². The molecular weight excluding hydrogens is 613 g/mol. The number of hydrogen-bond donors (Lipinski definition) is 0. The van der Waals surface area contributed by atoms with Crippen molar-refractivity contribution >= 4 is 53.9 Å². The average Bonchev–Trinajstić information content (AvgIpc) is 3.45. The zero-order valence-corrected chi connectivity index (χ0v) is 30.4. The molecule has 0 nitrogen and oxygen atoms in total. The molecule has 10 rings (SSSR count). The lowest BCUT2D eigenvalue weighted by Crippen LogP contribution is -1.95. The van der Waals surface area contributed by atoms with Gasteiger partial charge in [0.05, 0.1) is 0 Å². The van der Waals surface area contributed by atoms with Gasteiger partial charge < -0.3 is 0 Å². The molecule has 0 unspecified atom stereocenters. The zero-order chi connectivity index (χ0) is 34.7. The topological polar surface area (TPSA) is 0 Å². The summed E-state index contributed by atoms with van der Waals surface area (Å²) in [5.41, 5.74) is 14.9. The van der Waals surface area contributed by atoms with Gasteiger partial charge in [0.25, 0.3) is 0 Å². The lowest BCUT2D eigenvalue weighted by atomic mass is 9.83. The van der Waals surface area contributed by atoms with E-state index in [0.717, 1.165) is 0 Å². The van der Waals surface area contributed by atoms with Crippen LogP contribution in [-0.4, -0.2) is 0 Å². The molecule has 9 aromatic rings. The Morgan fingerprint density at radius 1 is 0.333 bits per heavy atom. The Hall–Kier alpha value is -5.46. The summed E-state index contributed by atoms with van der Waals surface area (Å²) in [5.74, 6) is 1.31. The standard InChI is InChI=1S/C51H42/c1-28(2)33-17-19-38-42(23-33)49(32-15-11-8-12-16-32)46-27-41-40(26-45(46)48(38)31-13-9-7-10-14-31)43-24-36-22-35(29(3)4)21-34-18-20-37-39(30(5)6)25-44(41)50(43)51(37)47(34)36/h7-30H,1-6H3. The van der Waals surface area contributed by atoms with E-state index < -0.39 is 0 Å². The molecule has 246 valence electrons. The van der Waals surface area contributed by atoms with Crippen LogP contribution in [0.3, 0.4) is 0 Å². The van der Waals surface area contributed by atoms with Gasteiger partial charge in [-0.15, -0.1) is 0 Å². The van der Waals surface area contributed by atoms with E-state index in [9.17, 15) is 0 Å². The van der Waals surface area contributed by atoms with E-state index in [2.05, 4.69) is 169 Å². The highest BCUT2D eigenvalue weighted by atomic mass is 14.3. The molecule has 0 saturated carbocycles. The summed E-state index contributed by atoms with van der Waals surface area (Å²) in [7, 11) is 0. The van der Waals surface area contributed by atoms with E-state index in [0.29, 0.717) is 17.8 Å². The molecule has 0 N–H and O–H groups in total. The Balaban J connectivity index is 1.42. The van der Waals surface area contributed by atoms with Gasteiger partial charge in [-0.1, -0.05) is 145 Å². The van der Waals surface area contributed by atoms with E-state index in [1.807, 2.05) is 0 Å². The van der Waals surface area contributed by atoms with Crippen molar-refractivity contribution in [1.82, 2.24) is 0 Å². The maximum Gasteiger partial charge on any atom is -0.00114 e. The highest BCUT2D eigenvalue weighted by molar-refractivity contribution is 6.34. The molecule has 0 spiro atoms. The summed E-state index contributed by atoms with van der Waals surface area (Å²) in [4.78, 5) is 0. The molecule has 1 aliphatic rings. The van der Waals surface area contributed by atoms with Crippen LogP contribution in [0.1, 0.15) is 76.0 Å². The molecule has 0 aliphatic heterocycles. The first-order valence-electron chi connectivity index (χ1n) is 18.8. The molecule has 0 heteroatoms. The second kappa shape index (κ2) is 11.0. The van der Waals surface area contributed by atoms with Gasteiger partial charge >= 0.3 is 0 Å². The van der Waals surface area contributed by atoms with Gasteiger partial charge in [-0.05, 0) is 157 Å². The Morgan fingerprint density at radius 3 is 1.49 bits per heavy atom. The summed E-state index contributed by atoms with van der Waals surface area (Å²) in [6, 6.07) is 49.2. The fraction of sp³-hybridized carbons (Fsp3) is 0.176. The molecule has 0 saturated heterocycles. The summed E-state index contributed by atoms with van der Waals surface area (Å²) in [6.45, 7) is 13.9. The van der Waals surface area contributed by atoms with Gasteiger partial charge in [-0.3, -0.25) is 0 Å². The van der Waals surface area contributed by atoms with Crippen LogP contribution < -0.4 is 0 Å². The monoisotopic (exact) mass is 654 g/mol. The summed E-state index contributed by atoms with van der Waals surface area (Å²) >= 11 is 0. The molecule has 0 fully saturated rings. The fourth-order valence-electron chi connectivity index (χ4n) is 9.25. The normalized spacial score (nSPS) is 12.6. The van der Waals surface area contributed by atoms with Crippen molar-refractivity contribution in [2.45, 2.75) is 59.3 Å². The van der Waals surface area contributed by atoms with Gasteiger partial charge in [-0.25, -0.2) is 0 Å². The van der Waals surface area contributed by atoms with Crippen molar-refractivity contribution in [1.29, 1.82) is 0 Å². The smallest absolute Gasteiger partial charge is 0.00114 e. The van der Waals surface area contributed by atoms with Crippen LogP contribution >= 0.6 is 0 Å². The summed E-state index contributed by atoms with van der Waals surface area (Å²) in [5, 5.41) is 13.7. The highest BCUT2D eigenvalue weighted by Gasteiger charge is 2.29. The molecule has 0 heterocycles. The maximum absolute atomic E-state index is 2.56. The van der Waals surface area contributed by atoms with Crippen molar-refractivity contribution < 1.29 is 0 Å². The predicted molar refractivity (Wildman–Crippen MR) is 223 cm³/mol. The average molecular weight is 655 g/mol. The molecule has 0 aromatic heterocycles. The van der Waals surface area contributed by atoms with Crippen LogP contribution in [0.5, 0.6) is 0 Å². The molecule has 0 atom stereocenters. The van der Waals surface area contributed by atoms with Crippen molar-refractivity contribution in [3.63, 3.8) is 0 Å². The lowest BCUT2D eigenvalue weighted by Gasteiger charge is -2.20. The number of fused-ring (bicyclic) bond motifs is 5.